The topological polar surface area (TPSA) is 88.2 Å². The monoisotopic (exact) mass is 263 g/mol. The first-order chi connectivity index (χ1) is 8.99. The summed E-state index contributed by atoms with van der Waals surface area (Å²) < 4.78 is 0. The maximum atomic E-state index is 11.4. The minimum Gasteiger partial charge on any atom is -0.478 e. The molecule has 2 unspecified atom stereocenters. The fourth-order valence-corrected chi connectivity index (χ4v) is 2.73. The number of rotatable bonds is 3. The van der Waals surface area contributed by atoms with Crippen LogP contribution in [0, 0.1) is 13.8 Å². The number of hydrogen-bond donors (Lipinski definition) is 3. The van der Waals surface area contributed by atoms with E-state index in [4.69, 9.17) is 5.73 Å². The zero-order chi connectivity index (χ0) is 14.0. The van der Waals surface area contributed by atoms with Gasteiger partial charge in [-0.2, -0.15) is 0 Å². The van der Waals surface area contributed by atoms with E-state index in [9.17, 15) is 9.90 Å². The number of carboxylic acids is 1. The second kappa shape index (κ2) is 5.57. The number of aromatic nitrogens is 1. The Morgan fingerprint density at radius 2 is 2.11 bits per heavy atom. The second-order valence-electron chi connectivity index (χ2n) is 5.31. The first kappa shape index (κ1) is 13.8. The molecule has 0 aromatic carbocycles. The highest BCUT2D eigenvalue weighted by Gasteiger charge is 2.24. The van der Waals surface area contributed by atoms with Gasteiger partial charge in [-0.15, -0.1) is 0 Å². The van der Waals surface area contributed by atoms with Crippen LogP contribution in [0.5, 0.6) is 0 Å². The van der Waals surface area contributed by atoms with Gasteiger partial charge in [-0.3, -0.25) is 0 Å². The van der Waals surface area contributed by atoms with Gasteiger partial charge in [-0.05, 0) is 38.3 Å². The van der Waals surface area contributed by atoms with Gasteiger partial charge in [0.25, 0.3) is 0 Å². The molecule has 1 aromatic heterocycles. The fraction of sp³-hybridized carbons (Fsp3) is 0.571. The molecule has 1 saturated carbocycles. The van der Waals surface area contributed by atoms with Crippen LogP contribution in [0.3, 0.4) is 0 Å². The Balaban J connectivity index is 2.30. The summed E-state index contributed by atoms with van der Waals surface area (Å²) in [5.41, 5.74) is 7.89. The molecule has 5 nitrogen and oxygen atoms in total. The van der Waals surface area contributed by atoms with Crippen LogP contribution in [0.15, 0.2) is 6.07 Å². The van der Waals surface area contributed by atoms with Gasteiger partial charge >= 0.3 is 5.97 Å². The number of hydrogen-bond acceptors (Lipinski definition) is 4. The van der Waals surface area contributed by atoms with Gasteiger partial charge in [0.15, 0.2) is 0 Å². The van der Waals surface area contributed by atoms with Crippen molar-refractivity contribution in [1.82, 2.24) is 4.98 Å². The van der Waals surface area contributed by atoms with E-state index >= 15 is 0 Å². The fourth-order valence-electron chi connectivity index (χ4n) is 2.73. The molecule has 2 atom stereocenters. The molecule has 0 spiro atoms. The van der Waals surface area contributed by atoms with Gasteiger partial charge < -0.3 is 16.2 Å². The summed E-state index contributed by atoms with van der Waals surface area (Å²) in [4.78, 5) is 15.7. The number of anilines is 1. The molecule has 1 aliphatic rings. The number of aromatic carboxylic acids is 1. The number of carboxylic acid groups (broad SMARTS) is 1. The minimum atomic E-state index is -0.947. The summed E-state index contributed by atoms with van der Waals surface area (Å²) in [6.45, 7) is 3.66. The molecule has 0 amide bonds. The maximum Gasteiger partial charge on any atom is 0.339 e. The van der Waals surface area contributed by atoms with Crippen molar-refractivity contribution in [1.29, 1.82) is 0 Å². The zero-order valence-corrected chi connectivity index (χ0v) is 11.4. The Labute approximate surface area is 113 Å². The van der Waals surface area contributed by atoms with Crippen LogP contribution in [-0.2, 0) is 0 Å². The van der Waals surface area contributed by atoms with E-state index in [1.54, 1.807) is 13.0 Å². The molecule has 5 heteroatoms. The normalized spacial score (nSPS) is 23.1. The molecular weight excluding hydrogens is 242 g/mol. The number of aryl methyl sites for hydroxylation is 2. The Hall–Kier alpha value is -1.62. The van der Waals surface area contributed by atoms with Crippen molar-refractivity contribution in [2.75, 3.05) is 5.32 Å². The van der Waals surface area contributed by atoms with E-state index in [1.807, 2.05) is 6.92 Å². The molecule has 1 aromatic rings. The van der Waals surface area contributed by atoms with Crippen molar-refractivity contribution < 1.29 is 9.90 Å². The van der Waals surface area contributed by atoms with Crippen LogP contribution in [0.2, 0.25) is 0 Å². The molecular formula is C14H21N3O2. The molecule has 19 heavy (non-hydrogen) atoms. The van der Waals surface area contributed by atoms with Crippen molar-refractivity contribution in [3.63, 3.8) is 0 Å². The summed E-state index contributed by atoms with van der Waals surface area (Å²) in [5, 5.41) is 12.6. The van der Waals surface area contributed by atoms with Crippen LogP contribution in [0.25, 0.3) is 0 Å². The van der Waals surface area contributed by atoms with Crippen molar-refractivity contribution in [3.8, 4) is 0 Å². The van der Waals surface area contributed by atoms with E-state index in [2.05, 4.69) is 10.3 Å². The third-order valence-electron chi connectivity index (χ3n) is 3.70. The van der Waals surface area contributed by atoms with Crippen molar-refractivity contribution in [2.45, 2.75) is 51.6 Å². The number of carbonyl (C=O) groups is 1. The molecule has 2 rings (SSSR count). The standard InChI is InChI=1S/C14H21N3O2/c1-8-7-9(2)16-13(12(8)14(18)19)17-11-6-4-3-5-10(11)15/h7,10-11H,3-6,15H2,1-2H3,(H,16,17)(H,18,19). The lowest BCUT2D eigenvalue weighted by molar-refractivity contribution is 0.0696. The molecule has 104 valence electrons. The Kier molecular flexibility index (Phi) is 4.04. The zero-order valence-electron chi connectivity index (χ0n) is 11.4. The molecule has 1 fully saturated rings. The first-order valence-corrected chi connectivity index (χ1v) is 6.72. The van der Waals surface area contributed by atoms with Crippen LogP contribution in [-0.4, -0.2) is 28.1 Å². The van der Waals surface area contributed by atoms with Crippen molar-refractivity contribution in [2.24, 2.45) is 5.73 Å². The van der Waals surface area contributed by atoms with Gasteiger partial charge in [0.1, 0.15) is 11.4 Å². The highest BCUT2D eigenvalue weighted by atomic mass is 16.4. The summed E-state index contributed by atoms with van der Waals surface area (Å²) >= 11 is 0. The quantitative estimate of drug-likeness (QED) is 0.777. The van der Waals surface area contributed by atoms with Gasteiger partial charge in [-0.25, -0.2) is 9.78 Å². The SMILES string of the molecule is Cc1cc(C)c(C(=O)O)c(NC2CCCCC2N)n1. The second-order valence-corrected chi connectivity index (χ2v) is 5.31. The van der Waals surface area contributed by atoms with Crippen LogP contribution < -0.4 is 11.1 Å². The average Bonchev–Trinajstić information content (AvgIpc) is 2.30. The van der Waals surface area contributed by atoms with E-state index in [0.717, 1.165) is 36.9 Å². The first-order valence-electron chi connectivity index (χ1n) is 6.72. The van der Waals surface area contributed by atoms with Crippen LogP contribution in [0.4, 0.5) is 5.82 Å². The summed E-state index contributed by atoms with van der Waals surface area (Å²) in [5.74, 6) is -0.496. The van der Waals surface area contributed by atoms with Gasteiger partial charge in [-0.1, -0.05) is 12.8 Å². The predicted molar refractivity (Wildman–Crippen MR) is 74.5 cm³/mol. The summed E-state index contributed by atoms with van der Waals surface area (Å²) in [6, 6.07) is 1.97. The van der Waals surface area contributed by atoms with Crippen LogP contribution >= 0.6 is 0 Å². The highest BCUT2D eigenvalue weighted by Crippen LogP contribution is 2.24. The lowest BCUT2D eigenvalue weighted by Gasteiger charge is -2.30. The molecule has 0 saturated heterocycles. The third-order valence-corrected chi connectivity index (χ3v) is 3.70. The lowest BCUT2D eigenvalue weighted by atomic mass is 9.91. The lowest BCUT2D eigenvalue weighted by Crippen LogP contribution is -2.43. The van der Waals surface area contributed by atoms with E-state index in [0.29, 0.717) is 5.82 Å². The smallest absolute Gasteiger partial charge is 0.339 e. The minimum absolute atomic E-state index is 0.0676. The average molecular weight is 263 g/mol. The van der Waals surface area contributed by atoms with Gasteiger partial charge in [0.2, 0.25) is 0 Å². The van der Waals surface area contributed by atoms with E-state index in [-0.39, 0.29) is 17.6 Å². The van der Waals surface area contributed by atoms with Gasteiger partial charge in [0, 0.05) is 17.8 Å². The van der Waals surface area contributed by atoms with Gasteiger partial charge in [0.05, 0.1) is 0 Å². The Morgan fingerprint density at radius 1 is 1.42 bits per heavy atom. The van der Waals surface area contributed by atoms with Crippen LogP contribution in [0.1, 0.15) is 47.3 Å². The number of nitrogens with one attached hydrogen (secondary N) is 1. The third kappa shape index (κ3) is 3.04. The maximum absolute atomic E-state index is 11.4. The Bertz CT molecular complexity index is 488. The molecule has 0 bridgehead atoms. The summed E-state index contributed by atoms with van der Waals surface area (Å²) in [7, 11) is 0. The number of nitrogens with zero attached hydrogens (tertiary/aromatic N) is 1. The van der Waals surface area contributed by atoms with Crippen molar-refractivity contribution in [3.05, 3.63) is 22.9 Å². The molecule has 4 N–H and O–H groups in total. The van der Waals surface area contributed by atoms with E-state index in [1.165, 1.54) is 0 Å². The largest absolute Gasteiger partial charge is 0.478 e. The molecule has 0 radical (unpaired) electrons. The molecule has 1 heterocycles. The number of nitrogens with two attached hydrogens (primary N) is 1. The highest BCUT2D eigenvalue weighted by molar-refractivity contribution is 5.94. The molecule has 1 aliphatic carbocycles. The summed E-state index contributed by atoms with van der Waals surface area (Å²) in [6.07, 6.45) is 4.21. The Morgan fingerprint density at radius 3 is 2.74 bits per heavy atom. The number of pyridine rings is 1. The predicted octanol–water partition coefficient (Wildman–Crippen LogP) is 2.08. The van der Waals surface area contributed by atoms with E-state index < -0.39 is 5.97 Å². The molecule has 0 aliphatic heterocycles. The van der Waals surface area contributed by atoms with Crippen molar-refractivity contribution >= 4 is 11.8 Å².